The van der Waals surface area contributed by atoms with E-state index >= 15 is 0 Å². The first kappa shape index (κ1) is 18.3. The van der Waals surface area contributed by atoms with Crippen molar-refractivity contribution in [3.63, 3.8) is 0 Å². The number of carbonyl (C=O) groups excluding carboxylic acids is 1. The van der Waals surface area contributed by atoms with Crippen molar-refractivity contribution in [2.45, 2.75) is 38.8 Å². The van der Waals surface area contributed by atoms with Gasteiger partial charge in [0.15, 0.2) is 0 Å². The Labute approximate surface area is 161 Å². The molecule has 0 unspecified atom stereocenters. The first-order valence-corrected chi connectivity index (χ1v) is 9.26. The lowest BCUT2D eigenvalue weighted by molar-refractivity contribution is -0.131. The van der Waals surface area contributed by atoms with Crippen LogP contribution in [0.3, 0.4) is 0 Å². The molecule has 28 heavy (non-hydrogen) atoms. The normalized spacial score (nSPS) is 13.5. The third kappa shape index (κ3) is 3.96. The van der Waals surface area contributed by atoms with Crippen molar-refractivity contribution in [3.8, 4) is 11.5 Å². The van der Waals surface area contributed by atoms with Crippen molar-refractivity contribution in [3.05, 3.63) is 77.2 Å². The van der Waals surface area contributed by atoms with Gasteiger partial charge in [0, 0.05) is 29.8 Å². The highest BCUT2D eigenvalue weighted by Crippen LogP contribution is 2.30. The average molecular weight is 382 g/mol. The summed E-state index contributed by atoms with van der Waals surface area (Å²) in [4.78, 5) is 19.1. The second-order valence-corrected chi connectivity index (χ2v) is 7.05. The zero-order valence-electron chi connectivity index (χ0n) is 15.5. The number of amides is 1. The van der Waals surface area contributed by atoms with Gasteiger partial charge in [-0.2, -0.15) is 0 Å². The average Bonchev–Trinajstić information content (AvgIpc) is 3.45. The fourth-order valence-corrected chi connectivity index (χ4v) is 3.18. The molecule has 2 aromatic carbocycles. The van der Waals surface area contributed by atoms with Gasteiger partial charge in [-0.05, 0) is 38.0 Å². The molecule has 1 fully saturated rings. The van der Waals surface area contributed by atoms with Gasteiger partial charge in [-0.15, -0.1) is 0 Å². The smallest absolute Gasteiger partial charge is 0.229 e. The monoisotopic (exact) mass is 382 g/mol. The lowest BCUT2D eigenvalue weighted by Gasteiger charge is -2.22. The third-order valence-corrected chi connectivity index (χ3v) is 4.90. The predicted octanol–water partition coefficient (Wildman–Crippen LogP) is 4.66. The molecule has 0 spiro atoms. The van der Waals surface area contributed by atoms with Gasteiger partial charge in [0.1, 0.15) is 17.4 Å². The second kappa shape index (κ2) is 7.54. The van der Waals surface area contributed by atoms with E-state index in [0.29, 0.717) is 22.9 Å². The standard InChI is InChI=1S/C22H20F2N2O2/c1-14-20(25-22(28-14)15-5-3-2-4-6-15)12-21(27)26(18-9-10-18)13-16-7-8-17(23)11-19(16)24/h2-8,11,18H,9-10,12-13H2,1H3. The number of rotatable bonds is 6. The lowest BCUT2D eigenvalue weighted by atomic mass is 10.1. The van der Waals surface area contributed by atoms with E-state index in [1.54, 1.807) is 11.8 Å². The number of aryl methyl sites for hydroxylation is 1. The third-order valence-electron chi connectivity index (χ3n) is 4.90. The van der Waals surface area contributed by atoms with Gasteiger partial charge in [-0.3, -0.25) is 4.79 Å². The molecule has 3 aromatic rings. The van der Waals surface area contributed by atoms with Crippen LogP contribution in [0.1, 0.15) is 29.9 Å². The maximum absolute atomic E-state index is 14.0. The maximum atomic E-state index is 14.0. The van der Waals surface area contributed by atoms with E-state index in [1.165, 1.54) is 12.1 Å². The molecule has 6 heteroatoms. The van der Waals surface area contributed by atoms with Crippen molar-refractivity contribution < 1.29 is 18.0 Å². The zero-order chi connectivity index (χ0) is 19.7. The first-order valence-electron chi connectivity index (χ1n) is 9.26. The van der Waals surface area contributed by atoms with Gasteiger partial charge in [0.25, 0.3) is 0 Å². The summed E-state index contributed by atoms with van der Waals surface area (Å²) in [6.45, 7) is 1.90. The molecule has 0 bridgehead atoms. The number of aromatic nitrogens is 1. The van der Waals surface area contributed by atoms with Crippen LogP contribution < -0.4 is 0 Å². The molecule has 1 saturated carbocycles. The molecule has 1 aliphatic rings. The summed E-state index contributed by atoms with van der Waals surface area (Å²) >= 11 is 0. The van der Waals surface area contributed by atoms with E-state index < -0.39 is 11.6 Å². The first-order chi connectivity index (χ1) is 13.5. The fraction of sp³-hybridized carbons (Fsp3) is 0.273. The van der Waals surface area contributed by atoms with Crippen LogP contribution >= 0.6 is 0 Å². The highest BCUT2D eigenvalue weighted by molar-refractivity contribution is 5.79. The van der Waals surface area contributed by atoms with Crippen molar-refractivity contribution >= 4 is 5.91 Å². The summed E-state index contributed by atoms with van der Waals surface area (Å²) in [5.41, 5.74) is 1.73. The minimum Gasteiger partial charge on any atom is -0.441 e. The molecule has 1 aliphatic carbocycles. The molecule has 1 aromatic heterocycles. The van der Waals surface area contributed by atoms with E-state index in [9.17, 15) is 13.6 Å². The summed E-state index contributed by atoms with van der Waals surface area (Å²) in [6, 6.07) is 13.0. The summed E-state index contributed by atoms with van der Waals surface area (Å²) in [6.07, 6.45) is 1.87. The Bertz CT molecular complexity index is 997. The number of hydrogen-bond donors (Lipinski definition) is 0. The van der Waals surface area contributed by atoms with Crippen LogP contribution in [-0.2, 0) is 17.8 Å². The molecule has 1 amide bonds. The Balaban J connectivity index is 1.52. The quantitative estimate of drug-likeness (QED) is 0.623. The summed E-state index contributed by atoms with van der Waals surface area (Å²) in [5, 5.41) is 0. The molecular weight excluding hydrogens is 362 g/mol. The topological polar surface area (TPSA) is 46.3 Å². The largest absolute Gasteiger partial charge is 0.441 e. The van der Waals surface area contributed by atoms with Crippen molar-refractivity contribution in [2.75, 3.05) is 0 Å². The van der Waals surface area contributed by atoms with Gasteiger partial charge in [0.2, 0.25) is 11.8 Å². The highest BCUT2D eigenvalue weighted by atomic mass is 19.1. The van der Waals surface area contributed by atoms with E-state index in [2.05, 4.69) is 4.98 Å². The summed E-state index contributed by atoms with van der Waals surface area (Å²) in [5.74, 6) is -0.332. The van der Waals surface area contributed by atoms with Crippen LogP contribution in [0.5, 0.6) is 0 Å². The summed E-state index contributed by atoms with van der Waals surface area (Å²) < 4.78 is 32.9. The second-order valence-electron chi connectivity index (χ2n) is 7.05. The Morgan fingerprint density at radius 3 is 2.61 bits per heavy atom. The van der Waals surface area contributed by atoms with Crippen molar-refractivity contribution in [1.29, 1.82) is 0 Å². The number of hydrogen-bond acceptors (Lipinski definition) is 3. The molecule has 1 heterocycles. The zero-order valence-corrected chi connectivity index (χ0v) is 15.5. The van der Waals surface area contributed by atoms with E-state index in [-0.39, 0.29) is 24.9 Å². The lowest BCUT2D eigenvalue weighted by Crippen LogP contribution is -2.34. The minimum absolute atomic E-state index is 0.0848. The van der Waals surface area contributed by atoms with E-state index in [0.717, 1.165) is 24.5 Å². The number of carbonyl (C=O) groups is 1. The Kier molecular flexibility index (Phi) is 4.94. The summed E-state index contributed by atoms with van der Waals surface area (Å²) in [7, 11) is 0. The molecule has 0 N–H and O–H groups in total. The number of halogens is 2. The van der Waals surface area contributed by atoms with Gasteiger partial charge in [-0.25, -0.2) is 13.8 Å². The van der Waals surface area contributed by atoms with Gasteiger partial charge < -0.3 is 9.32 Å². The van der Waals surface area contributed by atoms with Crippen LogP contribution in [0.25, 0.3) is 11.5 Å². The Hall–Kier alpha value is -3.02. The van der Waals surface area contributed by atoms with E-state index in [4.69, 9.17) is 4.42 Å². The highest BCUT2D eigenvalue weighted by Gasteiger charge is 2.33. The molecule has 0 radical (unpaired) electrons. The Morgan fingerprint density at radius 1 is 1.18 bits per heavy atom. The van der Waals surface area contributed by atoms with Crippen LogP contribution in [-0.4, -0.2) is 21.8 Å². The van der Waals surface area contributed by atoms with Crippen LogP contribution in [0, 0.1) is 18.6 Å². The predicted molar refractivity (Wildman–Crippen MR) is 100 cm³/mol. The Morgan fingerprint density at radius 2 is 1.93 bits per heavy atom. The van der Waals surface area contributed by atoms with Crippen molar-refractivity contribution in [1.82, 2.24) is 9.88 Å². The van der Waals surface area contributed by atoms with E-state index in [1.807, 2.05) is 30.3 Å². The van der Waals surface area contributed by atoms with Crippen LogP contribution in [0.15, 0.2) is 52.9 Å². The molecular formula is C22H20F2N2O2. The number of nitrogens with zero attached hydrogens (tertiary/aromatic N) is 2. The molecule has 0 aliphatic heterocycles. The van der Waals surface area contributed by atoms with Crippen molar-refractivity contribution in [2.24, 2.45) is 0 Å². The molecule has 4 nitrogen and oxygen atoms in total. The molecule has 144 valence electrons. The van der Waals surface area contributed by atoms with Crippen LogP contribution in [0.4, 0.5) is 8.78 Å². The molecule has 0 saturated heterocycles. The minimum atomic E-state index is -0.637. The molecule has 0 atom stereocenters. The van der Waals surface area contributed by atoms with Crippen LogP contribution in [0.2, 0.25) is 0 Å². The SMILES string of the molecule is Cc1oc(-c2ccccc2)nc1CC(=O)N(Cc1ccc(F)cc1F)C1CC1. The van der Waals surface area contributed by atoms with Gasteiger partial charge in [-0.1, -0.05) is 24.3 Å². The molecule has 4 rings (SSSR count). The number of oxazole rings is 1. The maximum Gasteiger partial charge on any atom is 0.229 e. The fourth-order valence-electron chi connectivity index (χ4n) is 3.18. The number of benzene rings is 2. The van der Waals surface area contributed by atoms with Gasteiger partial charge >= 0.3 is 0 Å². The van der Waals surface area contributed by atoms with Gasteiger partial charge in [0.05, 0.1) is 12.1 Å².